The third kappa shape index (κ3) is 7.70. The fourth-order valence-electron chi connectivity index (χ4n) is 3.22. The highest BCUT2D eigenvalue weighted by Gasteiger charge is 2.12. The number of hydrogen-bond acceptors (Lipinski definition) is 3. The maximum absolute atomic E-state index is 5.90. The van der Waals surface area contributed by atoms with E-state index in [2.05, 4.69) is 67.6 Å². The number of unbranched alkanes of at least 4 members (excludes halogenated alkanes) is 5. The molecule has 0 saturated heterocycles. The lowest BCUT2D eigenvalue weighted by Gasteiger charge is -2.29. The lowest BCUT2D eigenvalue weighted by atomic mass is 10.1. The van der Waals surface area contributed by atoms with Gasteiger partial charge in [0.1, 0.15) is 5.75 Å². The molecule has 2 rings (SSSR count). The van der Waals surface area contributed by atoms with Crippen molar-refractivity contribution in [2.24, 2.45) is 5.92 Å². The molecule has 1 heterocycles. The first-order valence-electron chi connectivity index (χ1n) is 10.9. The van der Waals surface area contributed by atoms with Crippen LogP contribution in [0.25, 0.3) is 5.70 Å². The summed E-state index contributed by atoms with van der Waals surface area (Å²) in [5.41, 5.74) is 5.85. The van der Waals surface area contributed by atoms with Crippen LogP contribution in [0.2, 0.25) is 0 Å². The largest absolute Gasteiger partial charge is 0.494 e. The molecule has 1 N–H and O–H groups in total. The second-order valence-electron chi connectivity index (χ2n) is 7.63. The zero-order valence-electron chi connectivity index (χ0n) is 17.5. The minimum Gasteiger partial charge on any atom is -0.494 e. The highest BCUT2D eigenvalue weighted by molar-refractivity contribution is 5.66. The summed E-state index contributed by atoms with van der Waals surface area (Å²) in [6.07, 6.45) is 16.5. The van der Waals surface area contributed by atoms with Gasteiger partial charge in [0, 0.05) is 12.7 Å². The topological polar surface area (TPSA) is 24.5 Å². The van der Waals surface area contributed by atoms with Crippen LogP contribution in [0.15, 0.2) is 42.6 Å². The van der Waals surface area contributed by atoms with Gasteiger partial charge in [0.2, 0.25) is 0 Å². The van der Waals surface area contributed by atoms with Crippen molar-refractivity contribution in [2.45, 2.75) is 72.1 Å². The number of hydrogen-bond donors (Lipinski definition) is 1. The predicted octanol–water partition coefficient (Wildman–Crippen LogP) is 6.54. The summed E-state index contributed by atoms with van der Waals surface area (Å²) < 4.78 is 5.90. The van der Waals surface area contributed by atoms with Crippen molar-refractivity contribution in [3.8, 4) is 5.75 Å². The van der Waals surface area contributed by atoms with Gasteiger partial charge < -0.3 is 10.2 Å². The lowest BCUT2D eigenvalue weighted by Crippen LogP contribution is -2.35. The summed E-state index contributed by atoms with van der Waals surface area (Å²) in [7, 11) is 0. The van der Waals surface area contributed by atoms with E-state index in [9.17, 15) is 0 Å². The molecule has 1 aliphatic heterocycles. The van der Waals surface area contributed by atoms with E-state index in [0.717, 1.165) is 31.2 Å². The standard InChI is InChI=1S/C24H38N2O/c1-4-6-7-8-9-10-19-26-24(12-11-18-25-26)22-13-15-23(16-14-22)27-20-17-21(3)5-2/h11-16,18,21,25H,4-10,17,19-20H2,1-3H3/t21-/m0/s1. The maximum atomic E-state index is 5.90. The van der Waals surface area contributed by atoms with E-state index >= 15 is 0 Å². The summed E-state index contributed by atoms with van der Waals surface area (Å²) in [6.45, 7) is 8.61. The van der Waals surface area contributed by atoms with Crippen molar-refractivity contribution >= 4 is 5.70 Å². The van der Waals surface area contributed by atoms with E-state index in [-0.39, 0.29) is 0 Å². The Balaban J connectivity index is 1.83. The fraction of sp³-hybridized carbons (Fsp3) is 0.583. The molecule has 1 aromatic rings. The summed E-state index contributed by atoms with van der Waals surface area (Å²) in [6, 6.07) is 8.51. The smallest absolute Gasteiger partial charge is 0.119 e. The van der Waals surface area contributed by atoms with Gasteiger partial charge in [-0.2, -0.15) is 0 Å². The number of nitrogens with one attached hydrogen (secondary N) is 1. The van der Waals surface area contributed by atoms with Crippen molar-refractivity contribution < 1.29 is 4.74 Å². The molecule has 0 bridgehead atoms. The number of hydrazine groups is 1. The zero-order chi connectivity index (χ0) is 19.3. The normalized spacial score (nSPS) is 14.6. The molecule has 3 nitrogen and oxygen atoms in total. The molecule has 27 heavy (non-hydrogen) atoms. The molecule has 0 spiro atoms. The Morgan fingerprint density at radius 1 is 1.00 bits per heavy atom. The minimum absolute atomic E-state index is 0.727. The van der Waals surface area contributed by atoms with Crippen molar-refractivity contribution in [1.29, 1.82) is 0 Å². The van der Waals surface area contributed by atoms with Crippen LogP contribution in [0.4, 0.5) is 0 Å². The van der Waals surface area contributed by atoms with Gasteiger partial charge in [-0.1, -0.05) is 59.3 Å². The molecule has 1 aliphatic rings. The Morgan fingerprint density at radius 3 is 2.48 bits per heavy atom. The van der Waals surface area contributed by atoms with Gasteiger partial charge in [-0.25, -0.2) is 0 Å². The Hall–Kier alpha value is -1.90. The van der Waals surface area contributed by atoms with Gasteiger partial charge in [-0.3, -0.25) is 5.01 Å². The molecule has 0 unspecified atom stereocenters. The molecular formula is C24H38N2O. The molecule has 0 aromatic heterocycles. The highest BCUT2D eigenvalue weighted by atomic mass is 16.5. The zero-order valence-corrected chi connectivity index (χ0v) is 17.5. The van der Waals surface area contributed by atoms with Crippen LogP contribution in [0.3, 0.4) is 0 Å². The Labute approximate surface area is 166 Å². The van der Waals surface area contributed by atoms with E-state index in [1.807, 2.05) is 6.20 Å². The molecular weight excluding hydrogens is 332 g/mol. The van der Waals surface area contributed by atoms with Crippen molar-refractivity contribution in [3.63, 3.8) is 0 Å². The average Bonchev–Trinajstić information content (AvgIpc) is 2.71. The summed E-state index contributed by atoms with van der Waals surface area (Å²) >= 11 is 0. The molecule has 3 heteroatoms. The van der Waals surface area contributed by atoms with Crippen LogP contribution in [0, 0.1) is 5.92 Å². The van der Waals surface area contributed by atoms with Crippen molar-refractivity contribution in [2.75, 3.05) is 13.2 Å². The third-order valence-corrected chi connectivity index (χ3v) is 5.33. The Morgan fingerprint density at radius 2 is 1.74 bits per heavy atom. The van der Waals surface area contributed by atoms with Crippen molar-refractivity contribution in [1.82, 2.24) is 10.4 Å². The first-order valence-corrected chi connectivity index (χ1v) is 10.9. The van der Waals surface area contributed by atoms with Gasteiger partial charge in [-0.15, -0.1) is 0 Å². The van der Waals surface area contributed by atoms with Crippen LogP contribution in [0.1, 0.15) is 77.7 Å². The lowest BCUT2D eigenvalue weighted by molar-refractivity contribution is 0.281. The number of allylic oxidation sites excluding steroid dienone is 2. The molecule has 0 amide bonds. The SMILES string of the molecule is CCCCCCCCN1NC=CC=C1c1ccc(OCC[C@@H](C)CC)cc1. The molecule has 0 radical (unpaired) electrons. The average molecular weight is 371 g/mol. The molecule has 150 valence electrons. The second kappa shape index (κ2) is 12.5. The fourth-order valence-corrected chi connectivity index (χ4v) is 3.22. The number of rotatable bonds is 13. The van der Waals surface area contributed by atoms with Gasteiger partial charge in [0.05, 0.1) is 12.3 Å². The van der Waals surface area contributed by atoms with Gasteiger partial charge in [0.25, 0.3) is 0 Å². The molecule has 0 saturated carbocycles. The van der Waals surface area contributed by atoms with Gasteiger partial charge >= 0.3 is 0 Å². The predicted molar refractivity (Wildman–Crippen MR) is 116 cm³/mol. The van der Waals surface area contributed by atoms with Crippen molar-refractivity contribution in [3.05, 3.63) is 48.2 Å². The Bertz CT molecular complexity index is 577. The van der Waals surface area contributed by atoms with Gasteiger partial charge in [0.15, 0.2) is 0 Å². The number of nitrogens with zero attached hydrogens (tertiary/aromatic N) is 1. The van der Waals surface area contributed by atoms with E-state index in [4.69, 9.17) is 4.74 Å². The van der Waals surface area contributed by atoms with Crippen LogP contribution in [-0.2, 0) is 0 Å². The number of benzene rings is 1. The first kappa shape index (κ1) is 21.4. The third-order valence-electron chi connectivity index (χ3n) is 5.33. The van der Waals surface area contributed by atoms with Crippen LogP contribution in [0.5, 0.6) is 5.75 Å². The quantitative estimate of drug-likeness (QED) is 0.399. The number of ether oxygens (including phenoxy) is 1. The minimum atomic E-state index is 0.727. The van der Waals surface area contributed by atoms with E-state index in [1.165, 1.54) is 56.2 Å². The van der Waals surface area contributed by atoms with E-state index in [0.29, 0.717) is 0 Å². The first-order chi connectivity index (χ1) is 13.2. The van der Waals surface area contributed by atoms with Crippen LogP contribution in [-0.4, -0.2) is 18.2 Å². The summed E-state index contributed by atoms with van der Waals surface area (Å²) in [5, 5.41) is 2.26. The summed E-state index contributed by atoms with van der Waals surface area (Å²) in [4.78, 5) is 0. The molecule has 1 atom stereocenters. The molecule has 1 aromatic carbocycles. The van der Waals surface area contributed by atoms with E-state index < -0.39 is 0 Å². The molecule has 0 aliphatic carbocycles. The maximum Gasteiger partial charge on any atom is 0.119 e. The second-order valence-corrected chi connectivity index (χ2v) is 7.63. The van der Waals surface area contributed by atoms with Crippen LogP contribution < -0.4 is 10.2 Å². The van der Waals surface area contributed by atoms with Gasteiger partial charge in [-0.05, 0) is 60.7 Å². The summed E-state index contributed by atoms with van der Waals surface area (Å²) in [5.74, 6) is 1.69. The monoisotopic (exact) mass is 370 g/mol. The van der Waals surface area contributed by atoms with Crippen LogP contribution >= 0.6 is 0 Å². The van der Waals surface area contributed by atoms with E-state index in [1.54, 1.807) is 0 Å². The molecule has 0 fully saturated rings. The highest BCUT2D eigenvalue weighted by Crippen LogP contribution is 2.24. The Kier molecular flexibility index (Phi) is 9.89.